The molecule has 0 aromatic rings. The van der Waals surface area contributed by atoms with Crippen LogP contribution in [0, 0.1) is 56.7 Å². The van der Waals surface area contributed by atoms with E-state index in [1.54, 1.807) is 5.57 Å². The smallest absolute Gasteiger partial charge is 0.307 e. The Hall–Kier alpha value is -0.950. The third-order valence-electron chi connectivity index (χ3n) is 16.0. The lowest BCUT2D eigenvalue weighted by atomic mass is 9.34. The average molecular weight is 614 g/mol. The van der Waals surface area contributed by atoms with Gasteiger partial charge in [0.05, 0.1) is 37.9 Å². The minimum atomic E-state index is -0.593. The SMILES string of the molecule is CNC1(CO[C@H]2[C@H](OC)C[C@@]34COC[C@@]2(C)[C@@H]3CC[C@H]2C4=CC[C@@]3(C)[C@H](C(=O)O)[C@@](C)([C@H](C)C(C)C)CC[C@]23C)CCCC1. The summed E-state index contributed by atoms with van der Waals surface area (Å²) < 4.78 is 20.0. The van der Waals surface area contributed by atoms with Gasteiger partial charge >= 0.3 is 5.97 Å². The highest BCUT2D eigenvalue weighted by molar-refractivity contribution is 5.73. The molecule has 0 unspecified atom stereocenters. The van der Waals surface area contributed by atoms with Crippen molar-refractivity contribution in [2.24, 2.45) is 56.7 Å². The summed E-state index contributed by atoms with van der Waals surface area (Å²) in [6.45, 7) is 18.6. The Morgan fingerprint density at radius 2 is 1.75 bits per heavy atom. The Bertz CT molecular complexity index is 1150. The van der Waals surface area contributed by atoms with E-state index in [9.17, 15) is 9.90 Å². The van der Waals surface area contributed by atoms with Crippen LogP contribution in [0.1, 0.15) is 113 Å². The molecule has 0 radical (unpaired) electrons. The molecule has 0 spiro atoms. The fourth-order valence-electron chi connectivity index (χ4n) is 12.8. The molecule has 0 aromatic carbocycles. The number of hydrogen-bond donors (Lipinski definition) is 2. The zero-order chi connectivity index (χ0) is 31.9. The van der Waals surface area contributed by atoms with Crippen LogP contribution in [0.25, 0.3) is 0 Å². The Morgan fingerprint density at radius 1 is 1.05 bits per heavy atom. The lowest BCUT2D eigenvalue weighted by molar-refractivity contribution is -0.269. The minimum absolute atomic E-state index is 0.00245. The Balaban J connectivity index is 1.37. The topological polar surface area (TPSA) is 77.0 Å². The molecule has 6 nitrogen and oxygen atoms in total. The summed E-state index contributed by atoms with van der Waals surface area (Å²) in [6.07, 6.45) is 13.6. The first kappa shape index (κ1) is 33.0. The molecule has 6 rings (SSSR count). The number of fused-ring (bicyclic) bond motifs is 3. The summed E-state index contributed by atoms with van der Waals surface area (Å²) in [5.74, 6) is 0.708. The van der Waals surface area contributed by atoms with Gasteiger partial charge in [-0.25, -0.2) is 0 Å². The molecule has 5 aliphatic carbocycles. The minimum Gasteiger partial charge on any atom is -0.481 e. The zero-order valence-corrected chi connectivity index (χ0v) is 29.4. The molecule has 0 aromatic heterocycles. The number of hydrogen-bond acceptors (Lipinski definition) is 5. The number of likely N-dealkylation sites (N-methyl/N-ethyl adjacent to an activating group) is 1. The predicted molar refractivity (Wildman–Crippen MR) is 174 cm³/mol. The largest absolute Gasteiger partial charge is 0.481 e. The molecule has 2 bridgehead atoms. The second-order valence-electron chi connectivity index (χ2n) is 17.8. The molecule has 1 saturated heterocycles. The second-order valence-corrected chi connectivity index (χ2v) is 17.8. The maximum absolute atomic E-state index is 13.3. The second kappa shape index (κ2) is 11.1. The van der Waals surface area contributed by atoms with E-state index in [-0.39, 0.29) is 50.7 Å². The number of nitrogens with one attached hydrogen (secondary N) is 1. The van der Waals surface area contributed by atoms with Crippen LogP contribution >= 0.6 is 0 Å². The van der Waals surface area contributed by atoms with E-state index in [0.717, 1.165) is 58.3 Å². The van der Waals surface area contributed by atoms with Gasteiger partial charge in [-0.3, -0.25) is 4.79 Å². The van der Waals surface area contributed by atoms with Crippen molar-refractivity contribution >= 4 is 5.97 Å². The number of carbonyl (C=O) groups is 1. The van der Waals surface area contributed by atoms with Gasteiger partial charge in [-0.1, -0.05) is 73.0 Å². The highest BCUT2D eigenvalue weighted by Crippen LogP contribution is 2.75. The number of methoxy groups -OCH3 is 1. The lowest BCUT2D eigenvalue weighted by Gasteiger charge is -2.71. The molecular formula is C38H63NO5. The van der Waals surface area contributed by atoms with Crippen LogP contribution in [0.15, 0.2) is 11.6 Å². The first-order valence-electron chi connectivity index (χ1n) is 18.0. The monoisotopic (exact) mass is 613 g/mol. The van der Waals surface area contributed by atoms with Gasteiger partial charge in [0.15, 0.2) is 0 Å². The first-order valence-corrected chi connectivity index (χ1v) is 18.0. The van der Waals surface area contributed by atoms with E-state index in [0.29, 0.717) is 23.7 Å². The molecule has 2 N–H and O–H groups in total. The van der Waals surface area contributed by atoms with E-state index < -0.39 is 5.97 Å². The molecule has 6 heteroatoms. The lowest BCUT2D eigenvalue weighted by Crippen LogP contribution is -2.70. The van der Waals surface area contributed by atoms with Gasteiger partial charge < -0.3 is 24.6 Å². The first-order chi connectivity index (χ1) is 20.7. The van der Waals surface area contributed by atoms with Crippen LogP contribution in [0.5, 0.6) is 0 Å². The van der Waals surface area contributed by atoms with E-state index in [2.05, 4.69) is 66.9 Å². The summed E-state index contributed by atoms with van der Waals surface area (Å²) in [6, 6.07) is 0. The third-order valence-corrected chi connectivity index (χ3v) is 16.0. The van der Waals surface area contributed by atoms with Crippen molar-refractivity contribution in [3.05, 3.63) is 11.6 Å². The zero-order valence-electron chi connectivity index (χ0n) is 29.4. The van der Waals surface area contributed by atoms with Crippen molar-refractivity contribution in [2.45, 2.75) is 130 Å². The van der Waals surface area contributed by atoms with E-state index >= 15 is 0 Å². The van der Waals surface area contributed by atoms with E-state index in [1.807, 2.05) is 7.11 Å². The van der Waals surface area contributed by atoms with Crippen molar-refractivity contribution in [3.63, 3.8) is 0 Å². The Labute approximate surface area is 267 Å². The van der Waals surface area contributed by atoms with Crippen LogP contribution in [-0.4, -0.2) is 62.8 Å². The van der Waals surface area contributed by atoms with Crippen molar-refractivity contribution in [3.8, 4) is 0 Å². The summed E-state index contributed by atoms with van der Waals surface area (Å²) in [7, 11) is 3.97. The van der Waals surface area contributed by atoms with Crippen LogP contribution in [0.3, 0.4) is 0 Å². The molecule has 1 heterocycles. The molecule has 44 heavy (non-hydrogen) atoms. The fourth-order valence-corrected chi connectivity index (χ4v) is 12.8. The Kier molecular flexibility index (Phi) is 8.29. The average Bonchev–Trinajstić information content (AvgIpc) is 3.45. The van der Waals surface area contributed by atoms with Gasteiger partial charge in [0.1, 0.15) is 0 Å². The molecular weight excluding hydrogens is 550 g/mol. The van der Waals surface area contributed by atoms with Crippen LogP contribution in [0.4, 0.5) is 0 Å². The number of carboxylic acids is 1. The van der Waals surface area contributed by atoms with Gasteiger partial charge in [-0.05, 0) is 98.3 Å². The van der Waals surface area contributed by atoms with E-state index in [4.69, 9.17) is 14.2 Å². The number of rotatable bonds is 8. The van der Waals surface area contributed by atoms with Crippen molar-refractivity contribution < 1.29 is 24.1 Å². The maximum atomic E-state index is 13.3. The van der Waals surface area contributed by atoms with Crippen molar-refractivity contribution in [1.29, 1.82) is 0 Å². The summed E-state index contributed by atoms with van der Waals surface area (Å²) >= 11 is 0. The molecule has 6 aliphatic rings. The number of allylic oxidation sites excluding steroid dienone is 1. The molecule has 0 amide bonds. The van der Waals surface area contributed by atoms with Gasteiger partial charge in [-0.2, -0.15) is 0 Å². The van der Waals surface area contributed by atoms with E-state index in [1.165, 1.54) is 25.7 Å². The summed E-state index contributed by atoms with van der Waals surface area (Å²) in [5, 5.41) is 14.6. The molecule has 1 aliphatic heterocycles. The van der Waals surface area contributed by atoms with Gasteiger partial charge in [-0.15, -0.1) is 0 Å². The number of aliphatic carboxylic acids is 1. The van der Waals surface area contributed by atoms with Gasteiger partial charge in [0, 0.05) is 23.5 Å². The molecule has 250 valence electrons. The van der Waals surface area contributed by atoms with Crippen molar-refractivity contribution in [1.82, 2.24) is 5.32 Å². The fraction of sp³-hybridized carbons (Fsp3) is 0.921. The third kappa shape index (κ3) is 4.35. The standard InChI is InChI=1S/C38H63NO5/c1-24(2)25(3)33(4)18-19-35(6)26-12-13-29-34(5)21-43-23-38(29,27(26)14-17-36(35,7)30(33)32(40)41)20-28(42-9)31(34)44-22-37(39-8)15-10-11-16-37/h14,24-26,28-31,39H,10-13,15-23H2,1-9H3,(H,40,41)/t25-,26+,28-,29+,30-,31+,33-,34+,35-,36+,38+/m1/s1. The van der Waals surface area contributed by atoms with Gasteiger partial charge in [0.2, 0.25) is 0 Å². The summed E-state index contributed by atoms with van der Waals surface area (Å²) in [4.78, 5) is 13.3. The quantitative estimate of drug-likeness (QED) is 0.276. The molecule has 4 saturated carbocycles. The summed E-state index contributed by atoms with van der Waals surface area (Å²) in [5.41, 5.74) is 0.870. The predicted octanol–water partition coefficient (Wildman–Crippen LogP) is 7.51. The van der Waals surface area contributed by atoms with Crippen LogP contribution in [0.2, 0.25) is 0 Å². The number of carboxylic acid groups (broad SMARTS) is 1. The van der Waals surface area contributed by atoms with Crippen LogP contribution in [-0.2, 0) is 19.0 Å². The van der Waals surface area contributed by atoms with Gasteiger partial charge in [0.25, 0.3) is 0 Å². The van der Waals surface area contributed by atoms with Crippen molar-refractivity contribution in [2.75, 3.05) is 34.0 Å². The molecule has 11 atom stereocenters. The van der Waals surface area contributed by atoms with Crippen LogP contribution < -0.4 is 5.32 Å². The highest BCUT2D eigenvalue weighted by atomic mass is 16.5. The normalized spacial score (nSPS) is 48.6. The maximum Gasteiger partial charge on any atom is 0.307 e. The highest BCUT2D eigenvalue weighted by Gasteiger charge is 2.71. The number of ether oxygens (including phenoxy) is 3. The Morgan fingerprint density at radius 3 is 2.36 bits per heavy atom. The molecule has 5 fully saturated rings.